The van der Waals surface area contributed by atoms with Crippen molar-refractivity contribution in [1.29, 1.82) is 0 Å². The predicted octanol–water partition coefficient (Wildman–Crippen LogP) is -0.560. The fraction of sp³-hybridized carbons (Fsp3) is 0.857. The van der Waals surface area contributed by atoms with E-state index >= 15 is 0 Å². The average Bonchev–Trinajstić information content (AvgIpc) is 2.40. The van der Waals surface area contributed by atoms with Crippen LogP contribution in [0.3, 0.4) is 0 Å². The lowest BCUT2D eigenvalue weighted by molar-refractivity contribution is -0.125. The fourth-order valence-electron chi connectivity index (χ4n) is 3.06. The molecule has 2 amide bonds. The van der Waals surface area contributed by atoms with Crippen LogP contribution in [0.4, 0.5) is 0 Å². The van der Waals surface area contributed by atoms with Gasteiger partial charge in [-0.2, -0.15) is 0 Å². The summed E-state index contributed by atoms with van der Waals surface area (Å²) in [5.74, 6) is 0.460. The molecule has 0 spiro atoms. The monoisotopic (exact) mass is 282 g/mol. The third kappa shape index (κ3) is 4.45. The van der Waals surface area contributed by atoms with Gasteiger partial charge in [0.1, 0.15) is 0 Å². The molecule has 2 heterocycles. The number of carbonyl (C=O) groups excluding carboxylic acids is 2. The van der Waals surface area contributed by atoms with Gasteiger partial charge in [0, 0.05) is 19.1 Å². The lowest BCUT2D eigenvalue weighted by atomic mass is 9.93. The van der Waals surface area contributed by atoms with Crippen molar-refractivity contribution in [2.75, 3.05) is 26.2 Å². The summed E-state index contributed by atoms with van der Waals surface area (Å²) in [7, 11) is 0. The van der Waals surface area contributed by atoms with Gasteiger partial charge in [-0.25, -0.2) is 0 Å². The summed E-state index contributed by atoms with van der Waals surface area (Å²) in [5.41, 5.74) is 5.19. The molecule has 114 valence electrons. The first-order valence-corrected chi connectivity index (χ1v) is 7.59. The van der Waals surface area contributed by atoms with Crippen molar-refractivity contribution in [2.24, 2.45) is 11.7 Å². The Hall–Kier alpha value is -1.14. The zero-order valence-electron chi connectivity index (χ0n) is 12.2. The molecule has 20 heavy (non-hydrogen) atoms. The van der Waals surface area contributed by atoms with E-state index in [1.165, 1.54) is 0 Å². The van der Waals surface area contributed by atoms with Gasteiger partial charge in [-0.3, -0.25) is 14.5 Å². The second-order valence-corrected chi connectivity index (χ2v) is 6.16. The van der Waals surface area contributed by atoms with Crippen molar-refractivity contribution < 1.29 is 9.59 Å². The zero-order valence-corrected chi connectivity index (χ0v) is 12.2. The van der Waals surface area contributed by atoms with Crippen LogP contribution in [-0.2, 0) is 9.59 Å². The molecular weight excluding hydrogens is 256 g/mol. The number of amides is 2. The van der Waals surface area contributed by atoms with Crippen molar-refractivity contribution in [1.82, 2.24) is 15.5 Å². The van der Waals surface area contributed by atoms with E-state index in [0.717, 1.165) is 45.3 Å². The Morgan fingerprint density at radius 3 is 2.60 bits per heavy atom. The van der Waals surface area contributed by atoms with Crippen molar-refractivity contribution >= 4 is 11.8 Å². The van der Waals surface area contributed by atoms with Crippen LogP contribution in [0.15, 0.2) is 0 Å². The van der Waals surface area contributed by atoms with E-state index in [1.807, 2.05) is 4.90 Å². The Balaban J connectivity index is 1.72. The molecule has 4 N–H and O–H groups in total. The second kappa shape index (κ2) is 7.04. The Morgan fingerprint density at radius 1 is 1.30 bits per heavy atom. The molecule has 2 saturated heterocycles. The molecular formula is C14H26N4O2. The maximum atomic E-state index is 12.2. The Bertz CT molecular complexity index is 353. The SMILES string of the molecule is CC1CCNC(C(=O)NC2CCN(CC(N)=O)CC2)C1. The number of hydrogen-bond donors (Lipinski definition) is 3. The maximum absolute atomic E-state index is 12.2. The third-order valence-corrected chi connectivity index (χ3v) is 4.30. The summed E-state index contributed by atoms with van der Waals surface area (Å²) in [6.45, 7) is 5.09. The van der Waals surface area contributed by atoms with Crippen LogP contribution in [0.1, 0.15) is 32.6 Å². The summed E-state index contributed by atoms with van der Waals surface area (Å²) >= 11 is 0. The first kappa shape index (κ1) is 15.3. The minimum Gasteiger partial charge on any atom is -0.369 e. The van der Waals surface area contributed by atoms with E-state index in [9.17, 15) is 9.59 Å². The first-order valence-electron chi connectivity index (χ1n) is 7.59. The van der Waals surface area contributed by atoms with Crippen LogP contribution in [-0.4, -0.2) is 55.0 Å². The zero-order chi connectivity index (χ0) is 14.5. The number of hydrogen-bond acceptors (Lipinski definition) is 4. The number of primary amides is 1. The molecule has 0 aromatic carbocycles. The standard InChI is InChI=1S/C14H26N4O2/c1-10-2-5-16-12(8-10)14(20)17-11-3-6-18(7-4-11)9-13(15)19/h10-12,16H,2-9H2,1H3,(H2,15,19)(H,17,20). The summed E-state index contributed by atoms with van der Waals surface area (Å²) in [5, 5.41) is 6.43. The van der Waals surface area contributed by atoms with Crippen LogP contribution in [0, 0.1) is 5.92 Å². The van der Waals surface area contributed by atoms with Gasteiger partial charge < -0.3 is 16.4 Å². The minimum absolute atomic E-state index is 0.0394. The van der Waals surface area contributed by atoms with E-state index < -0.39 is 0 Å². The number of carbonyl (C=O) groups is 2. The highest BCUT2D eigenvalue weighted by molar-refractivity contribution is 5.82. The third-order valence-electron chi connectivity index (χ3n) is 4.30. The molecule has 0 aromatic heterocycles. The van der Waals surface area contributed by atoms with Crippen LogP contribution in [0.5, 0.6) is 0 Å². The van der Waals surface area contributed by atoms with Crippen LogP contribution >= 0.6 is 0 Å². The number of rotatable bonds is 4. The molecule has 2 unspecified atom stereocenters. The summed E-state index contributed by atoms with van der Waals surface area (Å²) in [6.07, 6.45) is 3.85. The van der Waals surface area contributed by atoms with E-state index in [2.05, 4.69) is 17.6 Å². The van der Waals surface area contributed by atoms with Crippen LogP contribution in [0.2, 0.25) is 0 Å². The van der Waals surface area contributed by atoms with Crippen LogP contribution < -0.4 is 16.4 Å². The molecule has 6 heteroatoms. The number of nitrogens with one attached hydrogen (secondary N) is 2. The topological polar surface area (TPSA) is 87.5 Å². The van der Waals surface area contributed by atoms with Crippen molar-refractivity contribution in [3.63, 3.8) is 0 Å². The van der Waals surface area contributed by atoms with E-state index in [4.69, 9.17) is 5.73 Å². The number of nitrogens with zero attached hydrogens (tertiary/aromatic N) is 1. The Labute approximate surface area is 120 Å². The van der Waals surface area contributed by atoms with Crippen molar-refractivity contribution in [3.8, 4) is 0 Å². The second-order valence-electron chi connectivity index (χ2n) is 6.16. The van der Waals surface area contributed by atoms with Gasteiger partial charge in [-0.1, -0.05) is 6.92 Å². The highest BCUT2D eigenvalue weighted by Crippen LogP contribution is 2.16. The first-order chi connectivity index (χ1) is 9.54. The normalized spacial score (nSPS) is 29.1. The van der Waals surface area contributed by atoms with Crippen LogP contribution in [0.25, 0.3) is 0 Å². The highest BCUT2D eigenvalue weighted by Gasteiger charge is 2.27. The average molecular weight is 282 g/mol. The number of nitrogens with two attached hydrogens (primary N) is 1. The van der Waals surface area contributed by atoms with Crippen molar-refractivity contribution in [3.05, 3.63) is 0 Å². The van der Waals surface area contributed by atoms with Crippen molar-refractivity contribution in [2.45, 2.75) is 44.7 Å². The molecule has 2 aliphatic heterocycles. The molecule has 0 aromatic rings. The molecule has 0 aliphatic carbocycles. The Kier molecular flexibility index (Phi) is 5.37. The van der Waals surface area contributed by atoms with Gasteiger partial charge >= 0.3 is 0 Å². The quantitative estimate of drug-likeness (QED) is 0.645. The van der Waals surface area contributed by atoms with E-state index in [1.54, 1.807) is 0 Å². The molecule has 2 rings (SSSR count). The fourth-order valence-corrected chi connectivity index (χ4v) is 3.06. The van der Waals surface area contributed by atoms with E-state index in [0.29, 0.717) is 12.5 Å². The smallest absolute Gasteiger partial charge is 0.237 e. The van der Waals surface area contributed by atoms with Gasteiger partial charge in [-0.15, -0.1) is 0 Å². The molecule has 2 fully saturated rings. The Morgan fingerprint density at radius 2 is 2.00 bits per heavy atom. The van der Waals surface area contributed by atoms with Gasteiger partial charge in [0.05, 0.1) is 12.6 Å². The lowest BCUT2D eigenvalue weighted by Crippen LogP contribution is -2.53. The number of piperidine rings is 2. The minimum atomic E-state index is -0.284. The molecule has 2 aliphatic rings. The highest BCUT2D eigenvalue weighted by atomic mass is 16.2. The summed E-state index contributed by atoms with van der Waals surface area (Å²) < 4.78 is 0. The molecule has 2 atom stereocenters. The lowest BCUT2D eigenvalue weighted by Gasteiger charge is -2.33. The molecule has 0 bridgehead atoms. The largest absolute Gasteiger partial charge is 0.369 e. The maximum Gasteiger partial charge on any atom is 0.237 e. The van der Waals surface area contributed by atoms with Gasteiger partial charge in [0.25, 0.3) is 0 Å². The molecule has 6 nitrogen and oxygen atoms in total. The summed E-state index contributed by atoms with van der Waals surface area (Å²) in [4.78, 5) is 25.1. The van der Waals surface area contributed by atoms with Gasteiger partial charge in [-0.05, 0) is 38.1 Å². The molecule has 0 radical (unpaired) electrons. The summed E-state index contributed by atoms with van der Waals surface area (Å²) in [6, 6.07) is 0.188. The number of likely N-dealkylation sites (tertiary alicyclic amines) is 1. The molecule has 0 saturated carbocycles. The van der Waals surface area contributed by atoms with E-state index in [-0.39, 0.29) is 23.9 Å². The van der Waals surface area contributed by atoms with Gasteiger partial charge in [0.2, 0.25) is 11.8 Å². The predicted molar refractivity (Wildman–Crippen MR) is 77.0 cm³/mol. The van der Waals surface area contributed by atoms with Gasteiger partial charge in [0.15, 0.2) is 0 Å².